The second-order valence-electron chi connectivity index (χ2n) is 3.90. The van der Waals surface area contributed by atoms with Crippen LogP contribution in [0.5, 0.6) is 0 Å². The number of nitrogens with one attached hydrogen (secondary N) is 1. The zero-order valence-electron chi connectivity index (χ0n) is 8.92. The van der Waals surface area contributed by atoms with E-state index in [0.29, 0.717) is 18.2 Å². The molecule has 3 heteroatoms. The minimum atomic E-state index is 0.283. The van der Waals surface area contributed by atoms with Crippen LogP contribution in [0.15, 0.2) is 0 Å². The van der Waals surface area contributed by atoms with Crippen LogP contribution in [0.1, 0.15) is 33.6 Å². The molecule has 0 aliphatic heterocycles. The van der Waals surface area contributed by atoms with Crippen molar-refractivity contribution in [2.45, 2.75) is 57.8 Å². The van der Waals surface area contributed by atoms with Gasteiger partial charge >= 0.3 is 0 Å². The Morgan fingerprint density at radius 3 is 2.69 bits per heavy atom. The van der Waals surface area contributed by atoms with Crippen LogP contribution in [0, 0.1) is 0 Å². The van der Waals surface area contributed by atoms with Crippen LogP contribution in [0.2, 0.25) is 0 Å². The van der Waals surface area contributed by atoms with Crippen LogP contribution in [0.25, 0.3) is 0 Å². The highest BCUT2D eigenvalue weighted by atomic mass is 16.5. The van der Waals surface area contributed by atoms with E-state index in [1.54, 1.807) is 0 Å². The summed E-state index contributed by atoms with van der Waals surface area (Å²) in [5.41, 5.74) is 5.90. The molecule has 1 saturated carbocycles. The largest absolute Gasteiger partial charge is 0.377 e. The molecule has 0 heterocycles. The van der Waals surface area contributed by atoms with Gasteiger partial charge in [0.2, 0.25) is 0 Å². The average molecular weight is 186 g/mol. The molecule has 3 nitrogen and oxygen atoms in total. The van der Waals surface area contributed by atoms with E-state index in [9.17, 15) is 0 Å². The summed E-state index contributed by atoms with van der Waals surface area (Å²) < 4.78 is 5.56. The number of hydrogen-bond donors (Lipinski definition) is 2. The van der Waals surface area contributed by atoms with E-state index in [4.69, 9.17) is 10.5 Å². The lowest BCUT2D eigenvalue weighted by Crippen LogP contribution is -2.65. The van der Waals surface area contributed by atoms with Crippen LogP contribution >= 0.6 is 0 Å². The van der Waals surface area contributed by atoms with Gasteiger partial charge in [-0.2, -0.15) is 0 Å². The number of nitrogens with two attached hydrogens (primary N) is 1. The Balaban J connectivity index is 2.29. The monoisotopic (exact) mass is 186 g/mol. The molecule has 0 saturated heterocycles. The molecule has 0 aromatic rings. The molecule has 0 aromatic carbocycles. The van der Waals surface area contributed by atoms with E-state index < -0.39 is 0 Å². The van der Waals surface area contributed by atoms with Gasteiger partial charge in [0.15, 0.2) is 0 Å². The molecule has 1 aliphatic carbocycles. The third-order valence-electron chi connectivity index (χ3n) is 2.84. The van der Waals surface area contributed by atoms with Crippen molar-refractivity contribution in [3.63, 3.8) is 0 Å². The Morgan fingerprint density at radius 1 is 1.54 bits per heavy atom. The van der Waals surface area contributed by atoms with Crippen molar-refractivity contribution in [2.75, 3.05) is 6.61 Å². The molecule has 1 fully saturated rings. The Hall–Kier alpha value is -0.120. The summed E-state index contributed by atoms with van der Waals surface area (Å²) in [5.74, 6) is 0. The zero-order valence-corrected chi connectivity index (χ0v) is 8.92. The molecule has 0 radical (unpaired) electrons. The maximum absolute atomic E-state index is 5.90. The second-order valence-corrected chi connectivity index (χ2v) is 3.90. The van der Waals surface area contributed by atoms with Gasteiger partial charge in [0, 0.05) is 24.7 Å². The molecular formula is C10H22N2O. The van der Waals surface area contributed by atoms with Crippen molar-refractivity contribution in [3.05, 3.63) is 0 Å². The van der Waals surface area contributed by atoms with Crippen molar-refractivity contribution in [3.8, 4) is 0 Å². The Bertz CT molecular complexity index is 150. The first-order valence-corrected chi connectivity index (χ1v) is 5.32. The second kappa shape index (κ2) is 4.94. The van der Waals surface area contributed by atoms with E-state index in [0.717, 1.165) is 19.4 Å². The van der Waals surface area contributed by atoms with Gasteiger partial charge in [0.05, 0.1) is 6.10 Å². The van der Waals surface area contributed by atoms with E-state index in [1.165, 1.54) is 0 Å². The molecule has 4 atom stereocenters. The first-order chi connectivity index (χ1) is 6.19. The van der Waals surface area contributed by atoms with Crippen LogP contribution in [-0.2, 0) is 4.74 Å². The van der Waals surface area contributed by atoms with Gasteiger partial charge < -0.3 is 15.8 Å². The first-order valence-electron chi connectivity index (χ1n) is 5.32. The fraction of sp³-hybridized carbons (Fsp3) is 1.00. The van der Waals surface area contributed by atoms with E-state index >= 15 is 0 Å². The normalized spacial score (nSPS) is 35.5. The molecule has 3 N–H and O–H groups in total. The fourth-order valence-electron chi connectivity index (χ4n) is 1.70. The summed E-state index contributed by atoms with van der Waals surface area (Å²) in [6.07, 6.45) is 2.48. The van der Waals surface area contributed by atoms with E-state index in [-0.39, 0.29) is 6.04 Å². The van der Waals surface area contributed by atoms with Crippen molar-refractivity contribution in [2.24, 2.45) is 5.73 Å². The summed E-state index contributed by atoms with van der Waals surface area (Å²) in [7, 11) is 0. The number of hydrogen-bond acceptors (Lipinski definition) is 3. The Labute approximate surface area is 81.0 Å². The van der Waals surface area contributed by atoms with Gasteiger partial charge in [-0.3, -0.25) is 0 Å². The van der Waals surface area contributed by atoms with Crippen molar-refractivity contribution >= 4 is 0 Å². The molecule has 0 bridgehead atoms. The third-order valence-corrected chi connectivity index (χ3v) is 2.84. The minimum Gasteiger partial charge on any atom is -0.377 e. The quantitative estimate of drug-likeness (QED) is 0.670. The van der Waals surface area contributed by atoms with Gasteiger partial charge in [0.1, 0.15) is 0 Å². The number of rotatable bonds is 5. The molecule has 1 aliphatic rings. The summed E-state index contributed by atoms with van der Waals surface area (Å²) in [6, 6.07) is 1.19. The van der Waals surface area contributed by atoms with Crippen molar-refractivity contribution in [1.82, 2.24) is 5.32 Å². The highest BCUT2D eigenvalue weighted by molar-refractivity contribution is 5.00. The fourth-order valence-corrected chi connectivity index (χ4v) is 1.70. The van der Waals surface area contributed by atoms with Crippen LogP contribution in [0.4, 0.5) is 0 Å². The van der Waals surface area contributed by atoms with Crippen molar-refractivity contribution < 1.29 is 4.74 Å². The number of ether oxygens (including phenoxy) is 1. The lowest BCUT2D eigenvalue weighted by atomic mass is 9.83. The highest BCUT2D eigenvalue weighted by Gasteiger charge is 2.39. The zero-order chi connectivity index (χ0) is 9.84. The lowest BCUT2D eigenvalue weighted by molar-refractivity contribution is -0.0352. The van der Waals surface area contributed by atoms with Gasteiger partial charge in [0.25, 0.3) is 0 Å². The average Bonchev–Trinajstić information content (AvgIpc) is 2.13. The molecule has 78 valence electrons. The van der Waals surface area contributed by atoms with Gasteiger partial charge in [-0.25, -0.2) is 0 Å². The van der Waals surface area contributed by atoms with Crippen LogP contribution < -0.4 is 11.1 Å². The Kier molecular flexibility index (Phi) is 4.16. The Morgan fingerprint density at radius 2 is 2.23 bits per heavy atom. The van der Waals surface area contributed by atoms with Crippen LogP contribution in [0.3, 0.4) is 0 Å². The van der Waals surface area contributed by atoms with E-state index in [1.807, 2.05) is 6.92 Å². The SMILES string of the molecule is CCOC1CC(N)C1NC(C)CC. The van der Waals surface area contributed by atoms with Gasteiger partial charge in [-0.15, -0.1) is 0 Å². The summed E-state index contributed by atoms with van der Waals surface area (Å²) in [4.78, 5) is 0. The summed E-state index contributed by atoms with van der Waals surface area (Å²) in [5, 5.41) is 3.50. The molecular weight excluding hydrogens is 164 g/mol. The molecule has 13 heavy (non-hydrogen) atoms. The molecule has 0 aromatic heterocycles. The van der Waals surface area contributed by atoms with Gasteiger partial charge in [-0.1, -0.05) is 6.92 Å². The van der Waals surface area contributed by atoms with E-state index in [2.05, 4.69) is 19.2 Å². The van der Waals surface area contributed by atoms with Crippen LogP contribution in [-0.4, -0.2) is 30.8 Å². The third kappa shape index (κ3) is 2.66. The topological polar surface area (TPSA) is 47.3 Å². The first kappa shape index (κ1) is 11.0. The maximum Gasteiger partial charge on any atom is 0.0758 e. The minimum absolute atomic E-state index is 0.283. The standard InChI is InChI=1S/C10H22N2O/c1-4-7(3)12-10-8(11)6-9(10)13-5-2/h7-10,12H,4-6,11H2,1-3H3. The summed E-state index contributed by atoms with van der Waals surface area (Å²) in [6.45, 7) is 7.19. The molecule has 4 unspecified atom stereocenters. The predicted molar refractivity (Wildman–Crippen MR) is 54.7 cm³/mol. The lowest BCUT2D eigenvalue weighted by Gasteiger charge is -2.44. The smallest absolute Gasteiger partial charge is 0.0758 e. The summed E-state index contributed by atoms with van der Waals surface area (Å²) >= 11 is 0. The maximum atomic E-state index is 5.90. The molecule has 0 spiro atoms. The van der Waals surface area contributed by atoms with Gasteiger partial charge in [-0.05, 0) is 26.7 Å². The molecule has 0 amide bonds. The molecule has 1 rings (SSSR count). The van der Waals surface area contributed by atoms with Crippen molar-refractivity contribution in [1.29, 1.82) is 0 Å². The predicted octanol–water partition coefficient (Wildman–Crippen LogP) is 0.879. The highest BCUT2D eigenvalue weighted by Crippen LogP contribution is 2.23.